The number of hydrogen-bond donors (Lipinski definition) is 2. The summed E-state index contributed by atoms with van der Waals surface area (Å²) in [5, 5.41) is 17.4. The third-order valence-corrected chi connectivity index (χ3v) is 3.84. The Morgan fingerprint density at radius 3 is 2.60 bits per heavy atom. The van der Waals surface area contributed by atoms with Crippen molar-refractivity contribution in [3.05, 3.63) is 23.1 Å². The number of urea groups is 1. The second kappa shape index (κ2) is 7.77. The maximum Gasteiger partial charge on any atom is 0.322 e. The van der Waals surface area contributed by atoms with Gasteiger partial charge in [-0.05, 0) is 25.8 Å². The van der Waals surface area contributed by atoms with Gasteiger partial charge in [0.25, 0.3) is 0 Å². The maximum absolute atomic E-state index is 12.0. The lowest BCUT2D eigenvalue weighted by Crippen LogP contribution is -2.29. The van der Waals surface area contributed by atoms with Gasteiger partial charge in [-0.25, -0.2) is 9.48 Å². The van der Waals surface area contributed by atoms with Gasteiger partial charge in [-0.1, -0.05) is 5.21 Å². The number of hydrogen-bond acceptors (Lipinski definition) is 5. The Bertz CT molecular complexity index is 762. The third kappa shape index (κ3) is 4.78. The molecule has 0 bridgehead atoms. The summed E-state index contributed by atoms with van der Waals surface area (Å²) in [7, 11) is 5.15. The largest absolute Gasteiger partial charge is 0.354 e. The van der Waals surface area contributed by atoms with Crippen LogP contribution >= 0.6 is 0 Å². The van der Waals surface area contributed by atoms with E-state index in [0.717, 1.165) is 23.4 Å². The molecule has 3 amide bonds. The van der Waals surface area contributed by atoms with Gasteiger partial charge in [-0.15, -0.1) is 5.10 Å². The number of nitrogens with one attached hydrogen (secondary N) is 2. The Kier molecular flexibility index (Phi) is 5.73. The molecule has 2 aromatic rings. The highest BCUT2D eigenvalue weighted by atomic mass is 16.2. The zero-order valence-corrected chi connectivity index (χ0v) is 15.2. The van der Waals surface area contributed by atoms with E-state index in [1.807, 2.05) is 25.6 Å². The van der Waals surface area contributed by atoms with E-state index in [2.05, 4.69) is 26.0 Å². The summed E-state index contributed by atoms with van der Waals surface area (Å²) in [5.74, 6) is 0.127. The van der Waals surface area contributed by atoms with Crippen molar-refractivity contribution >= 4 is 17.8 Å². The summed E-state index contributed by atoms with van der Waals surface area (Å²) < 4.78 is 3.21. The van der Waals surface area contributed by atoms with Gasteiger partial charge in [0.2, 0.25) is 5.91 Å². The van der Waals surface area contributed by atoms with E-state index in [1.54, 1.807) is 14.1 Å². The molecule has 10 nitrogen and oxygen atoms in total. The summed E-state index contributed by atoms with van der Waals surface area (Å²) in [4.78, 5) is 24.9. The van der Waals surface area contributed by atoms with E-state index in [4.69, 9.17) is 0 Å². The maximum atomic E-state index is 12.0. The number of carbonyl (C=O) groups excluding carboxylic acids is 2. The first-order valence-corrected chi connectivity index (χ1v) is 7.92. The molecule has 0 aliphatic carbocycles. The van der Waals surface area contributed by atoms with Crippen molar-refractivity contribution in [1.82, 2.24) is 35.0 Å². The molecule has 136 valence electrons. The van der Waals surface area contributed by atoms with Crippen LogP contribution in [0.3, 0.4) is 0 Å². The summed E-state index contributed by atoms with van der Waals surface area (Å²) >= 11 is 0. The molecule has 2 aromatic heterocycles. The van der Waals surface area contributed by atoms with E-state index in [-0.39, 0.29) is 18.5 Å². The Morgan fingerprint density at radius 2 is 2.00 bits per heavy atom. The van der Waals surface area contributed by atoms with E-state index in [1.165, 1.54) is 15.8 Å². The van der Waals surface area contributed by atoms with Gasteiger partial charge in [0, 0.05) is 33.4 Å². The first kappa shape index (κ1) is 18.4. The highest BCUT2D eigenvalue weighted by Gasteiger charge is 2.11. The first-order chi connectivity index (χ1) is 11.8. The van der Waals surface area contributed by atoms with Gasteiger partial charge in [0.15, 0.2) is 5.82 Å². The average Bonchev–Trinajstić information content (AvgIpc) is 3.06. The van der Waals surface area contributed by atoms with Gasteiger partial charge in [0.1, 0.15) is 6.54 Å². The molecular weight excluding hydrogens is 324 g/mol. The zero-order chi connectivity index (χ0) is 18.6. The van der Waals surface area contributed by atoms with Crippen molar-refractivity contribution in [3.8, 4) is 0 Å². The number of rotatable bonds is 6. The summed E-state index contributed by atoms with van der Waals surface area (Å²) in [6.07, 6.45) is 2.23. The molecule has 0 radical (unpaired) electrons. The Hall–Kier alpha value is -2.91. The minimum absolute atomic E-state index is 0.0375. The molecule has 0 aliphatic heterocycles. The Balaban J connectivity index is 1.81. The van der Waals surface area contributed by atoms with Crippen molar-refractivity contribution in [2.24, 2.45) is 7.05 Å². The SMILES string of the molecule is Cc1nn(C)c(C)c1CCNC(=O)Cn1cc(NC(=O)N(C)C)nn1. The molecule has 2 heterocycles. The number of aryl methyl sites for hydroxylation is 2. The van der Waals surface area contributed by atoms with Crippen LogP contribution in [-0.4, -0.2) is 62.3 Å². The molecule has 0 unspecified atom stereocenters. The molecule has 25 heavy (non-hydrogen) atoms. The minimum atomic E-state index is -0.307. The van der Waals surface area contributed by atoms with Gasteiger partial charge in [-0.2, -0.15) is 5.10 Å². The number of amides is 3. The van der Waals surface area contributed by atoms with E-state index < -0.39 is 0 Å². The minimum Gasteiger partial charge on any atom is -0.354 e. The lowest BCUT2D eigenvalue weighted by molar-refractivity contribution is -0.121. The van der Waals surface area contributed by atoms with E-state index in [9.17, 15) is 9.59 Å². The van der Waals surface area contributed by atoms with E-state index >= 15 is 0 Å². The number of carbonyl (C=O) groups is 2. The average molecular weight is 348 g/mol. The van der Waals surface area contributed by atoms with Crippen LogP contribution in [0.15, 0.2) is 6.20 Å². The van der Waals surface area contributed by atoms with Gasteiger partial charge >= 0.3 is 6.03 Å². The highest BCUT2D eigenvalue weighted by Crippen LogP contribution is 2.11. The van der Waals surface area contributed by atoms with Crippen LogP contribution in [0.25, 0.3) is 0 Å². The van der Waals surface area contributed by atoms with Crippen LogP contribution < -0.4 is 10.6 Å². The normalized spacial score (nSPS) is 10.6. The molecule has 0 aliphatic rings. The third-order valence-electron chi connectivity index (χ3n) is 3.84. The van der Waals surface area contributed by atoms with Crippen LogP contribution in [0, 0.1) is 13.8 Å². The molecule has 2 rings (SSSR count). The van der Waals surface area contributed by atoms with Crippen LogP contribution in [0.5, 0.6) is 0 Å². The summed E-state index contributed by atoms with van der Waals surface area (Å²) in [5.41, 5.74) is 3.23. The van der Waals surface area contributed by atoms with Gasteiger partial charge in [-0.3, -0.25) is 14.8 Å². The topological polar surface area (TPSA) is 110 Å². The van der Waals surface area contributed by atoms with Crippen molar-refractivity contribution in [2.75, 3.05) is 26.0 Å². The number of aromatic nitrogens is 5. The Morgan fingerprint density at radius 1 is 1.28 bits per heavy atom. The van der Waals surface area contributed by atoms with Crippen LogP contribution in [0.2, 0.25) is 0 Å². The lowest BCUT2D eigenvalue weighted by Gasteiger charge is -2.09. The fourth-order valence-corrected chi connectivity index (χ4v) is 2.36. The van der Waals surface area contributed by atoms with Crippen molar-refractivity contribution in [1.29, 1.82) is 0 Å². The fraction of sp³-hybridized carbons (Fsp3) is 0.533. The van der Waals surface area contributed by atoms with Gasteiger partial charge < -0.3 is 10.2 Å². The van der Waals surface area contributed by atoms with Crippen molar-refractivity contribution in [3.63, 3.8) is 0 Å². The van der Waals surface area contributed by atoms with Crippen LogP contribution in [-0.2, 0) is 24.8 Å². The Labute approximate surface area is 146 Å². The number of nitrogens with zero attached hydrogens (tertiary/aromatic N) is 6. The van der Waals surface area contributed by atoms with Crippen LogP contribution in [0.4, 0.5) is 10.6 Å². The zero-order valence-electron chi connectivity index (χ0n) is 15.2. The van der Waals surface area contributed by atoms with Crippen LogP contribution in [0.1, 0.15) is 17.0 Å². The first-order valence-electron chi connectivity index (χ1n) is 7.92. The molecule has 0 saturated carbocycles. The summed E-state index contributed by atoms with van der Waals surface area (Å²) in [6.45, 7) is 4.53. The monoisotopic (exact) mass is 348 g/mol. The van der Waals surface area contributed by atoms with Gasteiger partial charge in [0.05, 0.1) is 11.9 Å². The molecule has 2 N–H and O–H groups in total. The molecule has 0 atom stereocenters. The molecule has 0 saturated heterocycles. The second-order valence-electron chi connectivity index (χ2n) is 6.00. The van der Waals surface area contributed by atoms with Crippen molar-refractivity contribution in [2.45, 2.75) is 26.8 Å². The quantitative estimate of drug-likeness (QED) is 0.768. The molecule has 0 spiro atoms. The molecule has 0 aromatic carbocycles. The smallest absolute Gasteiger partial charge is 0.322 e. The number of anilines is 1. The van der Waals surface area contributed by atoms with Crippen molar-refractivity contribution < 1.29 is 9.59 Å². The standard InChI is InChI=1S/C15H24N8O2/c1-10-12(11(2)22(5)19-10)6-7-16-14(24)9-23-8-13(18-20-23)17-15(25)21(3)4/h8H,6-7,9H2,1-5H3,(H,16,24)(H,17,25). The molecule has 0 fully saturated rings. The van der Waals surface area contributed by atoms with E-state index in [0.29, 0.717) is 12.4 Å². The lowest BCUT2D eigenvalue weighted by atomic mass is 10.1. The second-order valence-corrected chi connectivity index (χ2v) is 6.00. The molecule has 10 heteroatoms. The predicted octanol–water partition coefficient (Wildman–Crippen LogP) is 0.0808. The molecular formula is C15H24N8O2. The fourth-order valence-electron chi connectivity index (χ4n) is 2.36. The summed E-state index contributed by atoms with van der Waals surface area (Å²) in [6, 6.07) is -0.307. The highest BCUT2D eigenvalue weighted by molar-refractivity contribution is 5.87. The predicted molar refractivity (Wildman–Crippen MR) is 92.1 cm³/mol.